The number of para-hydroxylation sites is 1. The van der Waals surface area contributed by atoms with Crippen LogP contribution in [0.2, 0.25) is 0 Å². The molecule has 2 aromatic rings. The third-order valence-corrected chi connectivity index (χ3v) is 4.43. The molecule has 24 heavy (non-hydrogen) atoms. The minimum Gasteiger partial charge on any atom is -0.466 e. The molecular weight excluding hydrogens is 302 g/mol. The van der Waals surface area contributed by atoms with Gasteiger partial charge in [-0.3, -0.25) is 4.79 Å². The van der Waals surface area contributed by atoms with E-state index >= 15 is 0 Å². The highest BCUT2D eigenvalue weighted by molar-refractivity contribution is 5.77. The molecule has 0 saturated carbocycles. The molecule has 1 fully saturated rings. The summed E-state index contributed by atoms with van der Waals surface area (Å²) in [5, 5.41) is 4.45. The smallest absolute Gasteiger partial charge is 0.260 e. The number of rotatable bonds is 4. The number of likely N-dealkylation sites (tertiary alicyclic amines) is 1. The van der Waals surface area contributed by atoms with E-state index in [1.165, 1.54) is 6.42 Å². The highest BCUT2D eigenvalue weighted by Gasteiger charge is 2.25. The fourth-order valence-electron chi connectivity index (χ4n) is 3.39. The maximum atomic E-state index is 12.4. The Morgan fingerprint density at radius 1 is 1.21 bits per heavy atom. The van der Waals surface area contributed by atoms with Crippen LogP contribution < -0.4 is 4.74 Å². The molecule has 5 nitrogen and oxygen atoms in total. The van der Waals surface area contributed by atoms with Crippen molar-refractivity contribution in [1.29, 1.82) is 0 Å². The largest absolute Gasteiger partial charge is 0.466 e. The second-order valence-electron chi connectivity index (χ2n) is 6.93. The van der Waals surface area contributed by atoms with Crippen LogP contribution in [0.15, 0.2) is 36.5 Å². The van der Waals surface area contributed by atoms with Crippen LogP contribution in [0.4, 0.5) is 0 Å². The van der Waals surface area contributed by atoms with Crippen molar-refractivity contribution in [2.45, 2.75) is 27.2 Å². The van der Waals surface area contributed by atoms with Crippen molar-refractivity contribution >= 4 is 5.91 Å². The molecule has 1 aliphatic heterocycles. The molecule has 1 aromatic heterocycles. The first-order valence-corrected chi connectivity index (χ1v) is 8.55. The van der Waals surface area contributed by atoms with Gasteiger partial charge in [-0.2, -0.15) is 0 Å². The molecule has 2 unspecified atom stereocenters. The van der Waals surface area contributed by atoms with Crippen molar-refractivity contribution < 1.29 is 9.53 Å². The highest BCUT2D eigenvalue weighted by atomic mass is 16.5. The second kappa shape index (κ2) is 7.07. The van der Waals surface area contributed by atoms with Gasteiger partial charge in [-0.15, -0.1) is 5.10 Å². The average Bonchev–Trinajstić information content (AvgIpc) is 2.93. The second-order valence-corrected chi connectivity index (χ2v) is 6.93. The summed E-state index contributed by atoms with van der Waals surface area (Å²) in [6, 6.07) is 9.87. The van der Waals surface area contributed by atoms with Gasteiger partial charge in [-0.1, -0.05) is 32.0 Å². The summed E-state index contributed by atoms with van der Waals surface area (Å²) in [6.45, 7) is 8.03. The molecule has 1 aromatic carbocycles. The van der Waals surface area contributed by atoms with Gasteiger partial charge in [0.15, 0.2) is 6.61 Å². The fraction of sp³-hybridized carbons (Fsp3) is 0.474. The summed E-state index contributed by atoms with van der Waals surface area (Å²) >= 11 is 0. The number of ether oxygens (including phenoxy) is 1. The Balaban J connectivity index is 1.62. The van der Waals surface area contributed by atoms with E-state index in [1.54, 1.807) is 4.68 Å². The Morgan fingerprint density at radius 3 is 2.54 bits per heavy atom. The van der Waals surface area contributed by atoms with Crippen molar-refractivity contribution in [3.05, 3.63) is 42.1 Å². The van der Waals surface area contributed by atoms with Crippen molar-refractivity contribution in [1.82, 2.24) is 14.7 Å². The highest BCUT2D eigenvalue weighted by Crippen LogP contribution is 2.22. The Hall–Kier alpha value is -2.30. The lowest BCUT2D eigenvalue weighted by atomic mass is 9.92. The number of carbonyl (C=O) groups is 1. The third kappa shape index (κ3) is 3.78. The van der Waals surface area contributed by atoms with Gasteiger partial charge in [0.1, 0.15) is 0 Å². The molecule has 1 saturated heterocycles. The van der Waals surface area contributed by atoms with Gasteiger partial charge >= 0.3 is 0 Å². The van der Waals surface area contributed by atoms with Gasteiger partial charge < -0.3 is 9.64 Å². The van der Waals surface area contributed by atoms with Gasteiger partial charge in [0.2, 0.25) is 5.88 Å². The van der Waals surface area contributed by atoms with E-state index in [0.29, 0.717) is 17.7 Å². The number of piperidine rings is 1. The molecule has 0 aliphatic carbocycles. The van der Waals surface area contributed by atoms with Crippen LogP contribution in [0.5, 0.6) is 5.88 Å². The molecule has 1 aliphatic rings. The Morgan fingerprint density at radius 2 is 1.88 bits per heavy atom. The van der Waals surface area contributed by atoms with Crippen LogP contribution in [0, 0.1) is 18.8 Å². The number of hydrogen-bond acceptors (Lipinski definition) is 3. The van der Waals surface area contributed by atoms with E-state index in [2.05, 4.69) is 18.9 Å². The topological polar surface area (TPSA) is 47.4 Å². The standard InChI is InChI=1S/C19H25N3O2/c1-14-9-15(2)11-21(10-14)18(23)13-24-19-16(3)12-22(20-19)17-7-5-4-6-8-17/h4-8,12,14-15H,9-11,13H2,1-3H3. The molecule has 128 valence electrons. The minimum absolute atomic E-state index is 0.0436. The summed E-state index contributed by atoms with van der Waals surface area (Å²) in [5.41, 5.74) is 1.90. The molecule has 2 atom stereocenters. The van der Waals surface area contributed by atoms with Crippen molar-refractivity contribution in [3.63, 3.8) is 0 Å². The number of nitrogens with zero attached hydrogens (tertiary/aromatic N) is 3. The lowest BCUT2D eigenvalue weighted by Gasteiger charge is -2.34. The SMILES string of the molecule is Cc1cn(-c2ccccc2)nc1OCC(=O)N1CC(C)CC(C)C1. The van der Waals surface area contributed by atoms with Crippen molar-refractivity contribution in [3.8, 4) is 11.6 Å². The van der Waals surface area contributed by atoms with Crippen LogP contribution in [-0.4, -0.2) is 40.3 Å². The van der Waals surface area contributed by atoms with Gasteiger partial charge in [0, 0.05) is 24.8 Å². The molecule has 0 bridgehead atoms. The normalized spacial score (nSPS) is 20.9. The summed E-state index contributed by atoms with van der Waals surface area (Å²) in [6.07, 6.45) is 3.10. The lowest BCUT2D eigenvalue weighted by Crippen LogP contribution is -2.44. The van der Waals surface area contributed by atoms with Crippen LogP contribution >= 0.6 is 0 Å². The zero-order valence-corrected chi connectivity index (χ0v) is 14.6. The summed E-state index contributed by atoms with van der Waals surface area (Å²) in [5.74, 6) is 1.67. The predicted molar refractivity (Wildman–Crippen MR) is 93.3 cm³/mol. The summed E-state index contributed by atoms with van der Waals surface area (Å²) in [7, 11) is 0. The number of aryl methyl sites for hydroxylation is 1. The molecule has 0 radical (unpaired) electrons. The van der Waals surface area contributed by atoms with Gasteiger partial charge in [-0.05, 0) is 37.3 Å². The van der Waals surface area contributed by atoms with E-state index < -0.39 is 0 Å². The maximum absolute atomic E-state index is 12.4. The third-order valence-electron chi connectivity index (χ3n) is 4.43. The average molecular weight is 327 g/mol. The van der Waals surface area contributed by atoms with Gasteiger partial charge in [0.05, 0.1) is 5.69 Å². The van der Waals surface area contributed by atoms with E-state index in [0.717, 1.165) is 24.3 Å². The lowest BCUT2D eigenvalue weighted by molar-refractivity contribution is -0.136. The number of aromatic nitrogens is 2. The number of carbonyl (C=O) groups excluding carboxylic acids is 1. The zero-order chi connectivity index (χ0) is 17.1. The van der Waals surface area contributed by atoms with Crippen LogP contribution in [0.1, 0.15) is 25.8 Å². The Labute approximate surface area is 143 Å². The first-order valence-electron chi connectivity index (χ1n) is 8.55. The molecule has 0 N–H and O–H groups in total. The van der Waals surface area contributed by atoms with Crippen molar-refractivity contribution in [2.75, 3.05) is 19.7 Å². The van der Waals surface area contributed by atoms with Crippen molar-refractivity contribution in [2.24, 2.45) is 11.8 Å². The van der Waals surface area contributed by atoms with Gasteiger partial charge in [-0.25, -0.2) is 4.68 Å². The molecule has 2 heterocycles. The maximum Gasteiger partial charge on any atom is 0.260 e. The first kappa shape index (κ1) is 16.6. The summed E-state index contributed by atoms with van der Waals surface area (Å²) in [4.78, 5) is 14.3. The summed E-state index contributed by atoms with van der Waals surface area (Å²) < 4.78 is 7.48. The van der Waals surface area contributed by atoms with Gasteiger partial charge in [0.25, 0.3) is 5.91 Å². The number of amides is 1. The van der Waals surface area contributed by atoms with E-state index in [1.807, 2.05) is 48.4 Å². The predicted octanol–water partition coefficient (Wildman–Crippen LogP) is 3.06. The quantitative estimate of drug-likeness (QED) is 0.867. The number of hydrogen-bond donors (Lipinski definition) is 0. The molecule has 1 amide bonds. The fourth-order valence-corrected chi connectivity index (χ4v) is 3.39. The molecule has 3 rings (SSSR count). The molecular formula is C19H25N3O2. The van der Waals surface area contributed by atoms with E-state index in [9.17, 15) is 4.79 Å². The van der Waals surface area contributed by atoms with E-state index in [4.69, 9.17) is 4.74 Å². The monoisotopic (exact) mass is 327 g/mol. The van der Waals surface area contributed by atoms with E-state index in [-0.39, 0.29) is 12.5 Å². The Kier molecular flexibility index (Phi) is 4.88. The number of benzene rings is 1. The molecule has 5 heteroatoms. The first-order chi connectivity index (χ1) is 11.5. The molecule has 0 spiro atoms. The van der Waals surface area contributed by atoms with Crippen LogP contribution in [-0.2, 0) is 4.79 Å². The van der Waals surface area contributed by atoms with Crippen LogP contribution in [0.25, 0.3) is 5.69 Å². The zero-order valence-electron chi connectivity index (χ0n) is 14.6. The van der Waals surface area contributed by atoms with Crippen LogP contribution in [0.3, 0.4) is 0 Å². The Bertz CT molecular complexity index is 686. The minimum atomic E-state index is 0.0436.